The summed E-state index contributed by atoms with van der Waals surface area (Å²) in [6.07, 6.45) is 6.90. The van der Waals surface area contributed by atoms with Gasteiger partial charge >= 0.3 is 0 Å². The predicted molar refractivity (Wildman–Crippen MR) is 73.9 cm³/mol. The summed E-state index contributed by atoms with van der Waals surface area (Å²) in [6, 6.07) is 9.13. The first-order chi connectivity index (χ1) is 8.86. The van der Waals surface area contributed by atoms with Crippen LogP contribution in [0.2, 0.25) is 0 Å². The van der Waals surface area contributed by atoms with Crippen LogP contribution < -0.4 is 10.1 Å². The van der Waals surface area contributed by atoms with E-state index in [0.29, 0.717) is 0 Å². The average Bonchev–Trinajstić information content (AvgIpc) is 3.02. The molecule has 0 radical (unpaired) electrons. The zero-order valence-electron chi connectivity index (χ0n) is 11.2. The molecule has 0 amide bonds. The minimum absolute atomic E-state index is 0.790. The topological polar surface area (TPSA) is 21.3 Å². The molecule has 1 aromatic rings. The van der Waals surface area contributed by atoms with E-state index in [0.717, 1.165) is 36.6 Å². The van der Waals surface area contributed by atoms with E-state index < -0.39 is 0 Å². The molecule has 2 saturated carbocycles. The summed E-state index contributed by atoms with van der Waals surface area (Å²) in [7, 11) is 1.75. The first-order valence-corrected chi connectivity index (χ1v) is 7.22. The van der Waals surface area contributed by atoms with Crippen LogP contribution in [0.3, 0.4) is 0 Å². The molecule has 0 spiro atoms. The first kappa shape index (κ1) is 12.0. The Kier molecular flexibility index (Phi) is 3.55. The molecule has 1 aromatic carbocycles. The van der Waals surface area contributed by atoms with Gasteiger partial charge in [0.05, 0.1) is 7.11 Å². The Morgan fingerprint density at radius 3 is 2.83 bits per heavy atom. The molecule has 2 aliphatic carbocycles. The van der Waals surface area contributed by atoms with Crippen molar-refractivity contribution in [2.24, 2.45) is 11.8 Å². The molecule has 2 fully saturated rings. The van der Waals surface area contributed by atoms with E-state index in [1.54, 1.807) is 7.11 Å². The van der Waals surface area contributed by atoms with Crippen molar-refractivity contribution in [3.05, 3.63) is 29.8 Å². The van der Waals surface area contributed by atoms with Crippen molar-refractivity contribution < 1.29 is 4.74 Å². The van der Waals surface area contributed by atoms with E-state index in [1.807, 2.05) is 12.1 Å². The fourth-order valence-corrected chi connectivity index (χ4v) is 3.80. The smallest absolute Gasteiger partial charge is 0.122 e. The number of ether oxygens (including phenoxy) is 1. The second kappa shape index (κ2) is 5.31. The summed E-state index contributed by atoms with van der Waals surface area (Å²) in [5, 5.41) is 3.76. The molecular weight excluding hydrogens is 222 g/mol. The van der Waals surface area contributed by atoms with Crippen molar-refractivity contribution in [3.63, 3.8) is 0 Å². The first-order valence-electron chi connectivity index (χ1n) is 7.22. The molecule has 0 saturated heterocycles. The summed E-state index contributed by atoms with van der Waals surface area (Å²) >= 11 is 0. The third kappa shape index (κ3) is 2.39. The lowest BCUT2D eigenvalue weighted by atomic mass is 9.95. The lowest BCUT2D eigenvalue weighted by Crippen LogP contribution is -2.35. The van der Waals surface area contributed by atoms with Gasteiger partial charge in [-0.25, -0.2) is 0 Å². The maximum atomic E-state index is 5.39. The van der Waals surface area contributed by atoms with Crippen molar-refractivity contribution in [2.45, 2.75) is 38.1 Å². The number of para-hydroxylation sites is 1. The van der Waals surface area contributed by atoms with Crippen molar-refractivity contribution in [2.75, 3.05) is 13.7 Å². The minimum atomic E-state index is 0.790. The second-order valence-corrected chi connectivity index (χ2v) is 5.80. The lowest BCUT2D eigenvalue weighted by molar-refractivity contribution is 0.352. The Morgan fingerprint density at radius 2 is 2.11 bits per heavy atom. The number of nitrogens with one attached hydrogen (secondary N) is 1. The van der Waals surface area contributed by atoms with Crippen molar-refractivity contribution in [3.8, 4) is 5.75 Å². The van der Waals surface area contributed by atoms with Gasteiger partial charge in [0.1, 0.15) is 5.75 Å². The summed E-state index contributed by atoms with van der Waals surface area (Å²) in [4.78, 5) is 0. The largest absolute Gasteiger partial charge is 0.496 e. The number of benzene rings is 1. The molecule has 3 atom stereocenters. The van der Waals surface area contributed by atoms with Gasteiger partial charge in [0.2, 0.25) is 0 Å². The SMILES string of the molecule is COc1ccccc1CCN[C@H]1C[C@H]2CC[C@H]1C2. The molecule has 0 heterocycles. The van der Waals surface area contributed by atoms with Crippen molar-refractivity contribution in [1.29, 1.82) is 0 Å². The summed E-state index contributed by atoms with van der Waals surface area (Å²) < 4.78 is 5.39. The highest BCUT2D eigenvalue weighted by atomic mass is 16.5. The van der Waals surface area contributed by atoms with Gasteiger partial charge in [-0.3, -0.25) is 0 Å². The highest BCUT2D eigenvalue weighted by molar-refractivity contribution is 5.33. The molecule has 2 nitrogen and oxygen atoms in total. The number of rotatable bonds is 5. The van der Waals surface area contributed by atoms with E-state index in [9.17, 15) is 0 Å². The van der Waals surface area contributed by atoms with Crippen LogP contribution >= 0.6 is 0 Å². The molecule has 0 unspecified atom stereocenters. The summed E-state index contributed by atoms with van der Waals surface area (Å²) in [5.41, 5.74) is 1.32. The van der Waals surface area contributed by atoms with Crippen LogP contribution in [0.25, 0.3) is 0 Å². The van der Waals surface area contributed by atoms with Crippen molar-refractivity contribution >= 4 is 0 Å². The van der Waals surface area contributed by atoms with Crippen LogP contribution in [0.1, 0.15) is 31.2 Å². The van der Waals surface area contributed by atoms with E-state index in [1.165, 1.54) is 31.2 Å². The highest BCUT2D eigenvalue weighted by Gasteiger charge is 2.38. The van der Waals surface area contributed by atoms with Gasteiger partial charge in [-0.05, 0) is 55.7 Å². The maximum Gasteiger partial charge on any atom is 0.122 e. The van der Waals surface area contributed by atoms with Gasteiger partial charge < -0.3 is 10.1 Å². The molecule has 2 bridgehead atoms. The van der Waals surface area contributed by atoms with Crippen LogP contribution in [-0.2, 0) is 6.42 Å². The number of hydrogen-bond acceptors (Lipinski definition) is 2. The van der Waals surface area contributed by atoms with Gasteiger partial charge in [0, 0.05) is 6.04 Å². The Morgan fingerprint density at radius 1 is 1.22 bits per heavy atom. The Labute approximate surface area is 110 Å². The van der Waals surface area contributed by atoms with Gasteiger partial charge in [-0.2, -0.15) is 0 Å². The Bertz CT molecular complexity index is 404. The van der Waals surface area contributed by atoms with E-state index in [-0.39, 0.29) is 0 Å². The van der Waals surface area contributed by atoms with Gasteiger partial charge in [0.15, 0.2) is 0 Å². The normalized spacial score (nSPS) is 29.7. The average molecular weight is 245 g/mol. The monoisotopic (exact) mass is 245 g/mol. The summed E-state index contributed by atoms with van der Waals surface area (Å²) in [6.45, 7) is 1.08. The van der Waals surface area contributed by atoms with Crippen LogP contribution in [0.5, 0.6) is 5.75 Å². The third-order valence-electron chi connectivity index (χ3n) is 4.73. The highest BCUT2D eigenvalue weighted by Crippen LogP contribution is 2.44. The standard InChI is InChI=1S/C16H23NO/c1-18-16-5-3-2-4-13(16)8-9-17-15-11-12-6-7-14(15)10-12/h2-5,12,14-15,17H,6-11H2,1H3/t12-,14-,15-/m0/s1. The van der Waals surface area contributed by atoms with E-state index in [2.05, 4.69) is 17.4 Å². The molecule has 0 aliphatic heterocycles. The zero-order valence-corrected chi connectivity index (χ0v) is 11.2. The minimum Gasteiger partial charge on any atom is -0.496 e. The van der Waals surface area contributed by atoms with Crippen LogP contribution in [0.15, 0.2) is 24.3 Å². The predicted octanol–water partition coefficient (Wildman–Crippen LogP) is 3.02. The lowest BCUT2D eigenvalue weighted by Gasteiger charge is -2.23. The van der Waals surface area contributed by atoms with Crippen molar-refractivity contribution in [1.82, 2.24) is 5.32 Å². The van der Waals surface area contributed by atoms with Crippen LogP contribution in [-0.4, -0.2) is 19.7 Å². The number of methoxy groups -OCH3 is 1. The molecular formula is C16H23NO. The zero-order chi connectivity index (χ0) is 12.4. The van der Waals surface area contributed by atoms with Gasteiger partial charge in [-0.15, -0.1) is 0 Å². The maximum absolute atomic E-state index is 5.39. The van der Waals surface area contributed by atoms with E-state index >= 15 is 0 Å². The quantitative estimate of drug-likeness (QED) is 0.861. The van der Waals surface area contributed by atoms with Gasteiger partial charge in [-0.1, -0.05) is 24.6 Å². The molecule has 18 heavy (non-hydrogen) atoms. The molecule has 3 rings (SSSR count). The summed E-state index contributed by atoms with van der Waals surface area (Å²) in [5.74, 6) is 3.01. The Balaban J connectivity index is 1.50. The van der Waals surface area contributed by atoms with Gasteiger partial charge in [0.25, 0.3) is 0 Å². The molecule has 98 valence electrons. The number of hydrogen-bond donors (Lipinski definition) is 1. The molecule has 1 N–H and O–H groups in total. The molecule has 0 aromatic heterocycles. The van der Waals surface area contributed by atoms with Crippen LogP contribution in [0, 0.1) is 11.8 Å². The third-order valence-corrected chi connectivity index (χ3v) is 4.73. The van der Waals surface area contributed by atoms with Crippen LogP contribution in [0.4, 0.5) is 0 Å². The number of fused-ring (bicyclic) bond motifs is 2. The molecule has 2 heteroatoms. The second-order valence-electron chi connectivity index (χ2n) is 5.80. The Hall–Kier alpha value is -1.02. The van der Waals surface area contributed by atoms with E-state index in [4.69, 9.17) is 4.74 Å². The molecule has 2 aliphatic rings. The fourth-order valence-electron chi connectivity index (χ4n) is 3.80. The fraction of sp³-hybridized carbons (Fsp3) is 0.625.